The van der Waals surface area contributed by atoms with Crippen LogP contribution in [0.3, 0.4) is 0 Å². The number of sulfonamides is 1. The highest BCUT2D eigenvalue weighted by Crippen LogP contribution is 2.30. The van der Waals surface area contributed by atoms with Crippen molar-refractivity contribution in [2.75, 3.05) is 32.1 Å². The lowest BCUT2D eigenvalue weighted by Crippen LogP contribution is -2.46. The van der Waals surface area contributed by atoms with Crippen LogP contribution in [0.2, 0.25) is 0 Å². The van der Waals surface area contributed by atoms with Gasteiger partial charge in [0.1, 0.15) is 6.10 Å². The van der Waals surface area contributed by atoms with Crippen LogP contribution in [0, 0.1) is 6.92 Å². The molecule has 0 radical (unpaired) electrons. The lowest BCUT2D eigenvalue weighted by atomic mass is 10.0. The molecule has 1 aliphatic carbocycles. The summed E-state index contributed by atoms with van der Waals surface area (Å²) in [5, 5.41) is 2.89. The van der Waals surface area contributed by atoms with E-state index in [0.717, 1.165) is 49.2 Å². The van der Waals surface area contributed by atoms with Gasteiger partial charge in [-0.3, -0.25) is 4.98 Å². The van der Waals surface area contributed by atoms with Crippen LogP contribution in [0.5, 0.6) is 0 Å². The highest BCUT2D eigenvalue weighted by molar-refractivity contribution is 7.89. The van der Waals surface area contributed by atoms with Gasteiger partial charge in [-0.05, 0) is 31.9 Å². The average molecular weight is 353 g/mol. The van der Waals surface area contributed by atoms with Gasteiger partial charge in [0.25, 0.3) is 0 Å². The molecule has 0 bridgehead atoms. The molecule has 24 heavy (non-hydrogen) atoms. The molecular weight excluding hydrogens is 326 g/mol. The van der Waals surface area contributed by atoms with Gasteiger partial charge in [0.05, 0.1) is 17.6 Å². The Bertz CT molecular complexity index is 672. The Hall–Kier alpha value is -1.18. The third-order valence-corrected chi connectivity index (χ3v) is 7.32. The highest BCUT2D eigenvalue weighted by atomic mass is 32.2. The quantitative estimate of drug-likeness (QED) is 0.900. The number of nitrogens with zero attached hydrogens (tertiary/aromatic N) is 2. The van der Waals surface area contributed by atoms with E-state index in [0.29, 0.717) is 19.7 Å². The lowest BCUT2D eigenvalue weighted by Gasteiger charge is -2.35. The summed E-state index contributed by atoms with van der Waals surface area (Å²) in [6.45, 7) is 3.16. The minimum absolute atomic E-state index is 0.219. The molecule has 0 amide bonds. The van der Waals surface area contributed by atoms with E-state index in [4.69, 9.17) is 4.74 Å². The second-order valence-corrected chi connectivity index (χ2v) is 8.91. The molecule has 1 saturated carbocycles. The van der Waals surface area contributed by atoms with E-state index in [2.05, 4.69) is 10.3 Å². The predicted molar refractivity (Wildman–Crippen MR) is 94.6 cm³/mol. The van der Waals surface area contributed by atoms with Gasteiger partial charge in [-0.15, -0.1) is 0 Å². The summed E-state index contributed by atoms with van der Waals surface area (Å²) >= 11 is 0. The van der Waals surface area contributed by atoms with Crippen LogP contribution in [-0.4, -0.2) is 49.7 Å². The van der Waals surface area contributed by atoms with Gasteiger partial charge < -0.3 is 10.1 Å². The molecule has 2 fully saturated rings. The molecule has 0 spiro atoms. The number of ether oxygens (including phenoxy) is 1. The second-order valence-electron chi connectivity index (χ2n) is 6.69. The smallest absolute Gasteiger partial charge is 0.217 e. The first-order valence-electron chi connectivity index (χ1n) is 8.77. The minimum atomic E-state index is -3.24. The molecule has 1 aliphatic heterocycles. The van der Waals surface area contributed by atoms with Gasteiger partial charge in [0.15, 0.2) is 0 Å². The normalized spacial score (nSPS) is 24.0. The number of pyridine rings is 1. The van der Waals surface area contributed by atoms with Crippen LogP contribution in [0.4, 0.5) is 5.69 Å². The first-order valence-corrected chi connectivity index (χ1v) is 10.3. The molecule has 7 heteroatoms. The summed E-state index contributed by atoms with van der Waals surface area (Å²) in [6, 6.07) is 3.90. The Morgan fingerprint density at radius 1 is 1.25 bits per heavy atom. The van der Waals surface area contributed by atoms with Crippen molar-refractivity contribution in [3.8, 4) is 0 Å². The first kappa shape index (κ1) is 17.6. The third kappa shape index (κ3) is 3.73. The molecule has 3 rings (SSSR count). The number of hydrogen-bond donors (Lipinski definition) is 1. The first-order chi connectivity index (χ1) is 11.5. The van der Waals surface area contributed by atoms with Gasteiger partial charge in [-0.2, -0.15) is 4.31 Å². The van der Waals surface area contributed by atoms with Crippen LogP contribution < -0.4 is 5.32 Å². The van der Waals surface area contributed by atoms with E-state index in [-0.39, 0.29) is 11.4 Å². The molecule has 2 aliphatic rings. The van der Waals surface area contributed by atoms with Crippen molar-refractivity contribution in [1.82, 2.24) is 9.29 Å². The van der Waals surface area contributed by atoms with Gasteiger partial charge in [0, 0.05) is 31.5 Å². The highest BCUT2D eigenvalue weighted by Gasteiger charge is 2.36. The summed E-state index contributed by atoms with van der Waals surface area (Å²) in [5.74, 6) is 0. The molecule has 1 saturated heterocycles. The zero-order chi connectivity index (χ0) is 17.2. The van der Waals surface area contributed by atoms with E-state index in [1.165, 1.54) is 0 Å². The fraction of sp³-hybridized carbons (Fsp3) is 0.706. The third-order valence-electron chi connectivity index (χ3n) is 4.95. The fourth-order valence-corrected chi connectivity index (χ4v) is 5.64. The molecule has 0 aromatic carbocycles. The largest absolute Gasteiger partial charge is 0.388 e. The van der Waals surface area contributed by atoms with Crippen molar-refractivity contribution in [2.45, 2.75) is 50.4 Å². The molecule has 1 atom stereocenters. The molecule has 6 nitrogen and oxygen atoms in total. The summed E-state index contributed by atoms with van der Waals surface area (Å²) in [5.41, 5.74) is 2.66. The average Bonchev–Trinajstić information content (AvgIpc) is 2.62. The molecule has 1 aromatic rings. The van der Waals surface area contributed by atoms with Crippen molar-refractivity contribution in [1.29, 1.82) is 0 Å². The number of hydrogen-bond acceptors (Lipinski definition) is 5. The Morgan fingerprint density at radius 2 is 2.00 bits per heavy atom. The van der Waals surface area contributed by atoms with Crippen molar-refractivity contribution < 1.29 is 13.2 Å². The standard InChI is InChI=1S/C17H27N3O3S/c1-13-10-14(18-2)11-16(19-13)17-12-20(8-9-23-17)24(21,22)15-6-4-3-5-7-15/h10-11,15,17H,3-9,12H2,1-2H3,(H,18,19)/t17-/m0/s1. The SMILES string of the molecule is CNc1cc(C)nc([C@@H]2CN(S(=O)(=O)C3CCCCC3)CCO2)c1. The molecule has 0 unspecified atom stereocenters. The summed E-state index contributed by atoms with van der Waals surface area (Å²) in [4.78, 5) is 4.55. The molecular formula is C17H27N3O3S. The Labute approximate surface area is 144 Å². The summed E-state index contributed by atoms with van der Waals surface area (Å²) in [7, 11) is -1.38. The number of rotatable bonds is 4. The molecule has 1 aromatic heterocycles. The van der Waals surface area contributed by atoms with Crippen LogP contribution >= 0.6 is 0 Å². The van der Waals surface area contributed by atoms with E-state index < -0.39 is 10.0 Å². The van der Waals surface area contributed by atoms with E-state index in [9.17, 15) is 8.42 Å². The Balaban J connectivity index is 1.78. The van der Waals surface area contributed by atoms with Gasteiger partial charge in [-0.1, -0.05) is 19.3 Å². The maximum atomic E-state index is 12.9. The van der Waals surface area contributed by atoms with Gasteiger partial charge in [0.2, 0.25) is 10.0 Å². The van der Waals surface area contributed by atoms with Crippen molar-refractivity contribution in [2.24, 2.45) is 0 Å². The number of aryl methyl sites for hydroxylation is 1. The van der Waals surface area contributed by atoms with Crippen LogP contribution in [0.15, 0.2) is 12.1 Å². The number of aromatic nitrogens is 1. The van der Waals surface area contributed by atoms with Gasteiger partial charge >= 0.3 is 0 Å². The number of morpholine rings is 1. The van der Waals surface area contributed by atoms with E-state index in [1.54, 1.807) is 4.31 Å². The van der Waals surface area contributed by atoms with E-state index in [1.807, 2.05) is 26.1 Å². The zero-order valence-corrected chi connectivity index (χ0v) is 15.3. The maximum absolute atomic E-state index is 12.9. The Morgan fingerprint density at radius 3 is 2.71 bits per heavy atom. The monoisotopic (exact) mass is 353 g/mol. The summed E-state index contributed by atoms with van der Waals surface area (Å²) < 4.78 is 33.4. The zero-order valence-electron chi connectivity index (χ0n) is 14.5. The Kier molecular flexibility index (Phi) is 5.42. The fourth-order valence-electron chi connectivity index (χ4n) is 3.61. The topological polar surface area (TPSA) is 71.5 Å². The number of anilines is 1. The van der Waals surface area contributed by atoms with Crippen LogP contribution in [0.1, 0.15) is 49.6 Å². The van der Waals surface area contributed by atoms with Crippen molar-refractivity contribution in [3.05, 3.63) is 23.5 Å². The maximum Gasteiger partial charge on any atom is 0.217 e. The minimum Gasteiger partial charge on any atom is -0.388 e. The lowest BCUT2D eigenvalue weighted by molar-refractivity contribution is -0.00536. The number of nitrogens with one attached hydrogen (secondary N) is 1. The van der Waals surface area contributed by atoms with Crippen molar-refractivity contribution >= 4 is 15.7 Å². The van der Waals surface area contributed by atoms with E-state index >= 15 is 0 Å². The molecule has 134 valence electrons. The molecule has 2 heterocycles. The second kappa shape index (κ2) is 7.37. The van der Waals surface area contributed by atoms with Crippen molar-refractivity contribution in [3.63, 3.8) is 0 Å². The van der Waals surface area contributed by atoms with Crippen LogP contribution in [-0.2, 0) is 14.8 Å². The molecule has 1 N–H and O–H groups in total. The van der Waals surface area contributed by atoms with Crippen LogP contribution in [0.25, 0.3) is 0 Å². The van der Waals surface area contributed by atoms with Gasteiger partial charge in [-0.25, -0.2) is 8.42 Å². The predicted octanol–water partition coefficient (Wildman–Crippen LogP) is 2.47. The summed E-state index contributed by atoms with van der Waals surface area (Å²) in [6.07, 6.45) is 4.46.